The quantitative estimate of drug-likeness (QED) is 0.431. The molecule has 18 heavy (non-hydrogen) atoms. The van der Waals surface area contributed by atoms with E-state index in [9.17, 15) is 9.59 Å². The first-order chi connectivity index (χ1) is 8.51. The van der Waals surface area contributed by atoms with Crippen LogP contribution >= 0.6 is 0 Å². The van der Waals surface area contributed by atoms with Gasteiger partial charge < -0.3 is 15.6 Å². The predicted molar refractivity (Wildman–Crippen MR) is 65.3 cm³/mol. The molecule has 0 fully saturated rings. The number of hydrogen-bond donors (Lipinski definition) is 2. The van der Waals surface area contributed by atoms with Gasteiger partial charge in [0.15, 0.2) is 0 Å². The molecule has 0 radical (unpaired) electrons. The highest BCUT2D eigenvalue weighted by molar-refractivity contribution is 6.03. The van der Waals surface area contributed by atoms with Crippen LogP contribution in [0.3, 0.4) is 0 Å². The highest BCUT2D eigenvalue weighted by Crippen LogP contribution is 2.23. The van der Waals surface area contributed by atoms with Gasteiger partial charge in [-0.15, -0.1) is 0 Å². The van der Waals surface area contributed by atoms with Crippen LogP contribution in [0.15, 0.2) is 24.0 Å². The van der Waals surface area contributed by atoms with Gasteiger partial charge in [0.1, 0.15) is 0 Å². The molecule has 0 aromatic carbocycles. The molecule has 1 aliphatic rings. The first kappa shape index (κ1) is 14.2. The minimum atomic E-state index is -0.808. The van der Waals surface area contributed by atoms with E-state index in [1.54, 1.807) is 19.1 Å². The zero-order valence-electron chi connectivity index (χ0n) is 10.5. The van der Waals surface area contributed by atoms with Gasteiger partial charge in [0, 0.05) is 18.1 Å². The number of amides is 3. The molecule has 0 aliphatic heterocycles. The monoisotopic (exact) mass is 254 g/mol. The number of ether oxygens (including phenoxy) is 1. The lowest BCUT2D eigenvalue weighted by molar-refractivity contribution is -0.125. The molecule has 0 aromatic rings. The molecule has 0 saturated heterocycles. The van der Waals surface area contributed by atoms with Gasteiger partial charge in [0.05, 0.1) is 19.4 Å². The summed E-state index contributed by atoms with van der Waals surface area (Å²) >= 11 is 0. The molecule has 0 unspecified atom stereocenters. The maximum Gasteiger partial charge on any atom is 0.322 e. The van der Waals surface area contributed by atoms with E-state index in [1.807, 2.05) is 0 Å². The van der Waals surface area contributed by atoms with Crippen molar-refractivity contribution in [3.8, 4) is 0 Å². The SMILES string of the molecule is COC=C(C)C(=O)N(C(N)=O)[C@H]1C=C[C@@H](CO)C1. The first-order valence-corrected chi connectivity index (χ1v) is 5.63. The summed E-state index contributed by atoms with van der Waals surface area (Å²) in [5.41, 5.74) is 5.53. The Morgan fingerprint density at radius 2 is 2.22 bits per heavy atom. The van der Waals surface area contributed by atoms with E-state index in [-0.39, 0.29) is 18.1 Å². The third-order valence-corrected chi connectivity index (χ3v) is 2.80. The van der Waals surface area contributed by atoms with Crippen molar-refractivity contribution in [3.63, 3.8) is 0 Å². The Balaban J connectivity index is 2.85. The van der Waals surface area contributed by atoms with Crippen LogP contribution in [-0.4, -0.2) is 41.7 Å². The number of carbonyl (C=O) groups is 2. The van der Waals surface area contributed by atoms with Gasteiger partial charge in [-0.05, 0) is 13.3 Å². The summed E-state index contributed by atoms with van der Waals surface area (Å²) in [5.74, 6) is -0.533. The van der Waals surface area contributed by atoms with Gasteiger partial charge in [-0.2, -0.15) is 0 Å². The van der Waals surface area contributed by atoms with E-state index < -0.39 is 18.0 Å². The molecule has 0 saturated carbocycles. The van der Waals surface area contributed by atoms with Crippen LogP contribution < -0.4 is 5.73 Å². The molecule has 2 atom stereocenters. The number of imide groups is 1. The van der Waals surface area contributed by atoms with E-state index in [1.165, 1.54) is 13.4 Å². The van der Waals surface area contributed by atoms with Crippen molar-refractivity contribution in [2.45, 2.75) is 19.4 Å². The van der Waals surface area contributed by atoms with E-state index >= 15 is 0 Å². The molecule has 1 rings (SSSR count). The Hall–Kier alpha value is -1.82. The molecule has 3 N–H and O–H groups in total. The van der Waals surface area contributed by atoms with E-state index in [0.29, 0.717) is 6.42 Å². The molecule has 0 spiro atoms. The summed E-state index contributed by atoms with van der Waals surface area (Å²) < 4.78 is 4.74. The number of rotatable bonds is 4. The average molecular weight is 254 g/mol. The van der Waals surface area contributed by atoms with Gasteiger partial charge in [0.2, 0.25) is 0 Å². The third-order valence-electron chi connectivity index (χ3n) is 2.80. The van der Waals surface area contributed by atoms with Crippen LogP contribution in [0, 0.1) is 5.92 Å². The number of aliphatic hydroxyl groups is 1. The molecular formula is C12H18N2O4. The summed E-state index contributed by atoms with van der Waals surface area (Å²) in [6.45, 7) is 1.53. The van der Waals surface area contributed by atoms with Crippen molar-refractivity contribution in [3.05, 3.63) is 24.0 Å². The fraction of sp³-hybridized carbons (Fsp3) is 0.500. The number of hydrogen-bond acceptors (Lipinski definition) is 4. The maximum absolute atomic E-state index is 12.0. The van der Waals surface area contributed by atoms with Crippen LogP contribution in [0.25, 0.3) is 0 Å². The Bertz CT molecular complexity index is 390. The number of primary amides is 1. The van der Waals surface area contributed by atoms with Crippen LogP contribution in [0.4, 0.5) is 4.79 Å². The molecule has 1 aliphatic carbocycles. The smallest absolute Gasteiger partial charge is 0.322 e. The van der Waals surface area contributed by atoms with Gasteiger partial charge in [-0.1, -0.05) is 12.2 Å². The molecule has 3 amide bonds. The van der Waals surface area contributed by atoms with E-state index in [0.717, 1.165) is 4.90 Å². The lowest BCUT2D eigenvalue weighted by Gasteiger charge is -2.25. The Morgan fingerprint density at radius 3 is 2.67 bits per heavy atom. The van der Waals surface area contributed by atoms with Crippen LogP contribution in [-0.2, 0) is 9.53 Å². The van der Waals surface area contributed by atoms with Crippen molar-refractivity contribution in [2.24, 2.45) is 11.7 Å². The van der Waals surface area contributed by atoms with Crippen LogP contribution in [0.2, 0.25) is 0 Å². The second-order valence-corrected chi connectivity index (χ2v) is 4.18. The van der Waals surface area contributed by atoms with Gasteiger partial charge in [-0.3, -0.25) is 9.69 Å². The standard InChI is InChI=1S/C12H18N2O4/c1-8(7-18-2)11(16)14(12(13)17)10-4-3-9(5-10)6-15/h3-4,7,9-10,15H,5-6H2,1-2H3,(H2,13,17)/t9-,10+/m1/s1. The highest BCUT2D eigenvalue weighted by Gasteiger charge is 2.31. The number of methoxy groups -OCH3 is 1. The molecule has 0 aromatic heterocycles. The summed E-state index contributed by atoms with van der Waals surface area (Å²) in [6.07, 6.45) is 5.25. The molecule has 0 bridgehead atoms. The molecule has 6 nitrogen and oxygen atoms in total. The zero-order valence-corrected chi connectivity index (χ0v) is 10.5. The fourth-order valence-corrected chi connectivity index (χ4v) is 1.91. The van der Waals surface area contributed by atoms with Gasteiger partial charge in [-0.25, -0.2) is 4.79 Å². The van der Waals surface area contributed by atoms with Crippen molar-refractivity contribution in [2.75, 3.05) is 13.7 Å². The molecule has 6 heteroatoms. The highest BCUT2D eigenvalue weighted by atomic mass is 16.5. The second kappa shape index (κ2) is 6.20. The van der Waals surface area contributed by atoms with E-state index in [2.05, 4.69) is 0 Å². The van der Waals surface area contributed by atoms with Gasteiger partial charge >= 0.3 is 6.03 Å². The summed E-state index contributed by atoms with van der Waals surface area (Å²) in [5, 5.41) is 9.03. The third kappa shape index (κ3) is 3.10. The minimum absolute atomic E-state index is 0.0132. The number of urea groups is 1. The average Bonchev–Trinajstić information content (AvgIpc) is 2.77. The summed E-state index contributed by atoms with van der Waals surface area (Å²) in [6, 6.07) is -1.22. The van der Waals surface area contributed by atoms with E-state index in [4.69, 9.17) is 15.6 Å². The number of aliphatic hydroxyl groups excluding tert-OH is 1. The summed E-state index contributed by atoms with van der Waals surface area (Å²) in [4.78, 5) is 24.4. The first-order valence-electron chi connectivity index (χ1n) is 5.63. The predicted octanol–water partition coefficient (Wildman–Crippen LogP) is 0.381. The number of nitrogens with zero attached hydrogens (tertiary/aromatic N) is 1. The number of carbonyl (C=O) groups excluding carboxylic acids is 2. The minimum Gasteiger partial charge on any atom is -0.504 e. The number of nitrogens with two attached hydrogens (primary N) is 1. The maximum atomic E-state index is 12.0. The van der Waals surface area contributed by atoms with Crippen LogP contribution in [0.1, 0.15) is 13.3 Å². The Kier molecular flexibility index (Phi) is 4.91. The normalized spacial score (nSPS) is 22.9. The van der Waals surface area contributed by atoms with Crippen molar-refractivity contribution in [1.29, 1.82) is 0 Å². The van der Waals surface area contributed by atoms with Gasteiger partial charge in [0.25, 0.3) is 5.91 Å². The topological polar surface area (TPSA) is 92.9 Å². The molecular weight excluding hydrogens is 236 g/mol. The largest absolute Gasteiger partial charge is 0.504 e. The van der Waals surface area contributed by atoms with Crippen LogP contribution in [0.5, 0.6) is 0 Å². The lowest BCUT2D eigenvalue weighted by Crippen LogP contribution is -2.46. The van der Waals surface area contributed by atoms with Crippen molar-refractivity contribution in [1.82, 2.24) is 4.90 Å². The van der Waals surface area contributed by atoms with Crippen molar-refractivity contribution < 1.29 is 19.4 Å². The van der Waals surface area contributed by atoms with Crippen molar-refractivity contribution >= 4 is 11.9 Å². The Labute approximate surface area is 106 Å². The molecule has 0 heterocycles. The fourth-order valence-electron chi connectivity index (χ4n) is 1.91. The second-order valence-electron chi connectivity index (χ2n) is 4.18. The zero-order chi connectivity index (χ0) is 13.7. The summed E-state index contributed by atoms with van der Waals surface area (Å²) in [7, 11) is 1.42. The Morgan fingerprint density at radius 1 is 1.56 bits per heavy atom. The molecule has 100 valence electrons. The lowest BCUT2D eigenvalue weighted by atomic mass is 10.1.